The van der Waals surface area contributed by atoms with E-state index in [0.717, 1.165) is 24.1 Å². The van der Waals surface area contributed by atoms with Crippen LogP contribution >= 0.6 is 11.6 Å². The van der Waals surface area contributed by atoms with Crippen molar-refractivity contribution in [3.05, 3.63) is 46.7 Å². The third kappa shape index (κ3) is 3.29. The Kier molecular flexibility index (Phi) is 4.49. The van der Waals surface area contributed by atoms with E-state index < -0.39 is 10.0 Å². The number of hydrogen-bond donors (Lipinski definition) is 0. The molecule has 0 saturated carbocycles. The molecule has 0 N–H and O–H groups in total. The molecular weight excluding hydrogens is 334 g/mol. The fourth-order valence-corrected chi connectivity index (χ4v) is 4.73. The average molecular weight is 354 g/mol. The Balaban J connectivity index is 1.86. The maximum absolute atomic E-state index is 12.9. The minimum Gasteiger partial charge on any atom is -0.276 e. The lowest BCUT2D eigenvalue weighted by atomic mass is 9.96. The highest BCUT2D eigenvalue weighted by atomic mass is 35.5. The number of aryl methyl sites for hydroxylation is 2. The van der Waals surface area contributed by atoms with Crippen LogP contribution in [-0.2, 0) is 17.1 Å². The van der Waals surface area contributed by atoms with Crippen molar-refractivity contribution in [2.24, 2.45) is 7.05 Å². The zero-order valence-electron chi connectivity index (χ0n) is 13.2. The van der Waals surface area contributed by atoms with Crippen molar-refractivity contribution < 1.29 is 8.42 Å². The minimum absolute atomic E-state index is 0.139. The normalized spacial score (nSPS) is 19.9. The van der Waals surface area contributed by atoms with E-state index in [1.165, 1.54) is 6.07 Å². The Morgan fingerprint density at radius 3 is 2.74 bits per heavy atom. The van der Waals surface area contributed by atoms with E-state index in [2.05, 4.69) is 5.10 Å². The SMILES string of the molecule is Cc1ccc(S(=O)(=O)N2CCCC(c3ccn(C)n3)C2)cc1Cl. The summed E-state index contributed by atoms with van der Waals surface area (Å²) in [6.45, 7) is 2.86. The zero-order valence-corrected chi connectivity index (χ0v) is 14.8. The molecule has 1 fully saturated rings. The first kappa shape index (κ1) is 16.5. The fraction of sp³-hybridized carbons (Fsp3) is 0.438. The predicted molar refractivity (Wildman–Crippen MR) is 90.1 cm³/mol. The van der Waals surface area contributed by atoms with E-state index in [4.69, 9.17) is 11.6 Å². The lowest BCUT2D eigenvalue weighted by Gasteiger charge is -2.31. The summed E-state index contributed by atoms with van der Waals surface area (Å²) in [5.41, 5.74) is 1.82. The van der Waals surface area contributed by atoms with Gasteiger partial charge >= 0.3 is 0 Å². The van der Waals surface area contributed by atoms with E-state index in [9.17, 15) is 8.42 Å². The lowest BCUT2D eigenvalue weighted by Crippen LogP contribution is -2.39. The number of nitrogens with zero attached hydrogens (tertiary/aromatic N) is 3. The number of benzene rings is 1. The molecule has 1 aromatic heterocycles. The molecule has 5 nitrogen and oxygen atoms in total. The second kappa shape index (κ2) is 6.26. The first-order valence-electron chi connectivity index (χ1n) is 7.64. The van der Waals surface area contributed by atoms with Crippen molar-refractivity contribution in [2.75, 3.05) is 13.1 Å². The Morgan fingerprint density at radius 1 is 1.30 bits per heavy atom. The number of piperidine rings is 1. The fourth-order valence-electron chi connectivity index (χ4n) is 2.94. The summed E-state index contributed by atoms with van der Waals surface area (Å²) in [4.78, 5) is 0.259. The van der Waals surface area contributed by atoms with Crippen molar-refractivity contribution in [3.8, 4) is 0 Å². The molecular formula is C16H20ClN3O2S. The van der Waals surface area contributed by atoms with Crippen LogP contribution in [0.4, 0.5) is 0 Å². The Bertz CT molecular complexity index is 816. The third-order valence-corrected chi connectivity index (χ3v) is 6.59. The third-order valence-electron chi connectivity index (χ3n) is 4.32. The van der Waals surface area contributed by atoms with Gasteiger partial charge in [0.25, 0.3) is 0 Å². The van der Waals surface area contributed by atoms with Gasteiger partial charge in [0.1, 0.15) is 0 Å². The summed E-state index contributed by atoms with van der Waals surface area (Å²) < 4.78 is 29.1. The van der Waals surface area contributed by atoms with E-state index in [1.54, 1.807) is 21.1 Å². The Hall–Kier alpha value is -1.37. The minimum atomic E-state index is -3.52. The van der Waals surface area contributed by atoms with Crippen LogP contribution in [0.3, 0.4) is 0 Å². The number of rotatable bonds is 3. The van der Waals surface area contributed by atoms with Crippen molar-refractivity contribution in [3.63, 3.8) is 0 Å². The zero-order chi connectivity index (χ0) is 16.6. The summed E-state index contributed by atoms with van der Waals surface area (Å²) >= 11 is 6.09. The van der Waals surface area contributed by atoms with Gasteiger partial charge in [0, 0.05) is 37.3 Å². The maximum Gasteiger partial charge on any atom is 0.243 e. The molecule has 2 heterocycles. The smallest absolute Gasteiger partial charge is 0.243 e. The molecule has 3 rings (SSSR count). The van der Waals surface area contributed by atoms with Gasteiger partial charge in [-0.1, -0.05) is 17.7 Å². The topological polar surface area (TPSA) is 55.2 Å². The monoisotopic (exact) mass is 353 g/mol. The van der Waals surface area contributed by atoms with Crippen LogP contribution in [-0.4, -0.2) is 35.6 Å². The van der Waals surface area contributed by atoms with Gasteiger partial charge in [0.05, 0.1) is 10.6 Å². The highest BCUT2D eigenvalue weighted by Gasteiger charge is 2.31. The van der Waals surface area contributed by atoms with Crippen molar-refractivity contribution in [1.82, 2.24) is 14.1 Å². The van der Waals surface area contributed by atoms with Gasteiger partial charge in [-0.2, -0.15) is 9.40 Å². The van der Waals surface area contributed by atoms with E-state index >= 15 is 0 Å². The number of halogens is 1. The van der Waals surface area contributed by atoms with Gasteiger partial charge in [0.15, 0.2) is 0 Å². The molecule has 7 heteroatoms. The molecule has 0 spiro atoms. The van der Waals surface area contributed by atoms with Crippen LogP contribution in [0.15, 0.2) is 35.4 Å². The van der Waals surface area contributed by atoms with Crippen LogP contribution in [0.2, 0.25) is 5.02 Å². The molecule has 1 aliphatic rings. The maximum atomic E-state index is 12.9. The molecule has 124 valence electrons. The summed E-state index contributed by atoms with van der Waals surface area (Å²) in [7, 11) is -1.65. The first-order valence-corrected chi connectivity index (χ1v) is 9.45. The van der Waals surface area contributed by atoms with Crippen molar-refractivity contribution >= 4 is 21.6 Å². The first-order chi connectivity index (χ1) is 10.9. The average Bonchev–Trinajstić information content (AvgIpc) is 2.96. The molecule has 2 aromatic rings. The van der Waals surface area contributed by atoms with Crippen molar-refractivity contribution in [1.29, 1.82) is 0 Å². The summed E-state index contributed by atoms with van der Waals surface area (Å²) in [5, 5.41) is 4.90. The molecule has 0 amide bonds. The van der Waals surface area contributed by atoms with Crippen LogP contribution < -0.4 is 0 Å². The second-order valence-electron chi connectivity index (χ2n) is 6.03. The predicted octanol–water partition coefficient (Wildman–Crippen LogP) is 2.95. The quantitative estimate of drug-likeness (QED) is 0.852. The standard InChI is InChI=1S/C16H20ClN3O2S/c1-12-5-6-14(10-15(12)17)23(21,22)20-8-3-4-13(11-20)16-7-9-19(2)18-16/h5-7,9-10,13H,3-4,8,11H2,1-2H3. The van der Waals surface area contributed by atoms with Crippen LogP contribution in [0.5, 0.6) is 0 Å². The molecule has 0 aliphatic carbocycles. The number of sulfonamides is 1. The molecule has 1 atom stereocenters. The van der Waals surface area contributed by atoms with Gasteiger partial charge in [0.2, 0.25) is 10.0 Å². The summed E-state index contributed by atoms with van der Waals surface area (Å²) in [6.07, 6.45) is 3.68. The summed E-state index contributed by atoms with van der Waals surface area (Å²) in [6, 6.07) is 6.87. The second-order valence-corrected chi connectivity index (χ2v) is 8.37. The molecule has 1 saturated heterocycles. The van der Waals surface area contributed by atoms with Gasteiger partial charge in [-0.25, -0.2) is 8.42 Å². The lowest BCUT2D eigenvalue weighted by molar-refractivity contribution is 0.312. The van der Waals surface area contributed by atoms with Gasteiger partial charge < -0.3 is 0 Å². The van der Waals surface area contributed by atoms with E-state index in [1.807, 2.05) is 26.2 Å². The highest BCUT2D eigenvalue weighted by Crippen LogP contribution is 2.30. The number of aromatic nitrogens is 2. The molecule has 0 bridgehead atoms. The molecule has 1 aromatic carbocycles. The summed E-state index contributed by atoms with van der Waals surface area (Å²) in [5.74, 6) is 0.139. The van der Waals surface area contributed by atoms with Gasteiger partial charge in [-0.05, 0) is 43.5 Å². The van der Waals surface area contributed by atoms with Gasteiger partial charge in [-0.15, -0.1) is 0 Å². The molecule has 1 aliphatic heterocycles. The van der Waals surface area contributed by atoms with Crippen molar-refractivity contribution in [2.45, 2.75) is 30.6 Å². The Labute approximate surface area is 141 Å². The molecule has 1 unspecified atom stereocenters. The van der Waals surface area contributed by atoms with Gasteiger partial charge in [-0.3, -0.25) is 4.68 Å². The van der Waals surface area contributed by atoms with E-state index in [0.29, 0.717) is 18.1 Å². The van der Waals surface area contributed by atoms with Crippen LogP contribution in [0.1, 0.15) is 30.0 Å². The highest BCUT2D eigenvalue weighted by molar-refractivity contribution is 7.89. The number of hydrogen-bond acceptors (Lipinski definition) is 3. The molecule has 0 radical (unpaired) electrons. The molecule has 23 heavy (non-hydrogen) atoms. The van der Waals surface area contributed by atoms with Crippen LogP contribution in [0, 0.1) is 6.92 Å². The largest absolute Gasteiger partial charge is 0.276 e. The van der Waals surface area contributed by atoms with E-state index in [-0.39, 0.29) is 10.8 Å². The van der Waals surface area contributed by atoms with Crippen LogP contribution in [0.25, 0.3) is 0 Å². The Morgan fingerprint density at radius 2 is 2.09 bits per heavy atom.